The molecule has 120 valence electrons. The molecule has 0 aromatic carbocycles. The molecule has 1 unspecified atom stereocenters. The van der Waals surface area contributed by atoms with Gasteiger partial charge in [0.15, 0.2) is 6.29 Å². The zero-order valence-electron chi connectivity index (χ0n) is 13.5. The summed E-state index contributed by atoms with van der Waals surface area (Å²) in [6.45, 7) is 9.31. The summed E-state index contributed by atoms with van der Waals surface area (Å²) in [6, 6.07) is 0. The smallest absolute Gasteiger partial charge is 0.157 e. The predicted octanol–water partition coefficient (Wildman–Crippen LogP) is 3.64. The summed E-state index contributed by atoms with van der Waals surface area (Å²) in [5.41, 5.74) is 0. The number of aliphatic hydroxyl groups is 1. The van der Waals surface area contributed by atoms with Gasteiger partial charge in [-0.1, -0.05) is 0 Å². The predicted molar refractivity (Wildman–Crippen MR) is 81.5 cm³/mol. The largest absolute Gasteiger partial charge is 0.502 e. The van der Waals surface area contributed by atoms with Crippen molar-refractivity contribution in [1.29, 1.82) is 0 Å². The van der Waals surface area contributed by atoms with E-state index in [1.807, 2.05) is 19.9 Å². The van der Waals surface area contributed by atoms with E-state index < -0.39 is 0 Å². The second-order valence-corrected chi connectivity index (χ2v) is 5.46. The maximum Gasteiger partial charge on any atom is 0.157 e. The number of hydrogen-bond donors (Lipinski definition) is 1. The van der Waals surface area contributed by atoms with E-state index >= 15 is 0 Å². The molecule has 2 aliphatic heterocycles. The normalized spacial score (nSPS) is 21.4. The number of rotatable bonds is 2. The molecule has 0 saturated carbocycles. The lowest BCUT2D eigenvalue weighted by Gasteiger charge is -2.24. The Balaban J connectivity index is 0.000000307. The first kappa shape index (κ1) is 19.4. The first-order valence-corrected chi connectivity index (χ1v) is 7.74. The Kier molecular flexibility index (Phi) is 13.0. The molecule has 2 aliphatic rings. The molecular formula is C16H32O4. The summed E-state index contributed by atoms with van der Waals surface area (Å²) in [5.74, 6) is 0. The van der Waals surface area contributed by atoms with Crippen LogP contribution in [0.25, 0.3) is 0 Å². The van der Waals surface area contributed by atoms with E-state index in [2.05, 4.69) is 0 Å². The van der Waals surface area contributed by atoms with Crippen LogP contribution in [0.4, 0.5) is 0 Å². The van der Waals surface area contributed by atoms with Gasteiger partial charge in [0.25, 0.3) is 0 Å². The molecule has 1 atom stereocenters. The van der Waals surface area contributed by atoms with Crippen molar-refractivity contribution in [1.82, 2.24) is 0 Å². The highest BCUT2D eigenvalue weighted by atomic mass is 16.7. The summed E-state index contributed by atoms with van der Waals surface area (Å²) >= 11 is 0. The van der Waals surface area contributed by atoms with Crippen LogP contribution in [0.5, 0.6) is 0 Å². The summed E-state index contributed by atoms with van der Waals surface area (Å²) in [6.07, 6.45) is 9.91. The molecule has 0 aliphatic carbocycles. The van der Waals surface area contributed by atoms with Gasteiger partial charge < -0.3 is 19.3 Å². The van der Waals surface area contributed by atoms with Crippen molar-refractivity contribution in [2.45, 2.75) is 78.3 Å². The zero-order valence-corrected chi connectivity index (χ0v) is 13.5. The molecule has 0 spiro atoms. The Morgan fingerprint density at radius 1 is 1.10 bits per heavy atom. The van der Waals surface area contributed by atoms with Gasteiger partial charge in [0.05, 0.1) is 19.0 Å². The summed E-state index contributed by atoms with van der Waals surface area (Å²) in [4.78, 5) is 0. The van der Waals surface area contributed by atoms with Crippen molar-refractivity contribution in [2.24, 2.45) is 0 Å². The van der Waals surface area contributed by atoms with Gasteiger partial charge in [-0.05, 0) is 65.9 Å². The van der Waals surface area contributed by atoms with Crippen molar-refractivity contribution in [3.8, 4) is 0 Å². The van der Waals surface area contributed by atoms with Gasteiger partial charge in [0, 0.05) is 12.7 Å². The lowest BCUT2D eigenvalue weighted by molar-refractivity contribution is -0.180. The van der Waals surface area contributed by atoms with Crippen LogP contribution in [0, 0.1) is 0 Å². The molecular weight excluding hydrogens is 256 g/mol. The molecule has 0 radical (unpaired) electrons. The number of allylic oxidation sites excluding steroid dienone is 1. The lowest BCUT2D eigenvalue weighted by atomic mass is 10.2. The van der Waals surface area contributed by atoms with Gasteiger partial charge in [-0.15, -0.1) is 0 Å². The highest BCUT2D eigenvalue weighted by Gasteiger charge is 2.14. The number of ether oxygens (including phenoxy) is 3. The summed E-state index contributed by atoms with van der Waals surface area (Å²) < 4.78 is 15.7. The maximum absolute atomic E-state index is 8.06. The monoisotopic (exact) mass is 288 g/mol. The fourth-order valence-electron chi connectivity index (χ4n) is 1.61. The van der Waals surface area contributed by atoms with Crippen LogP contribution in [0.15, 0.2) is 12.3 Å². The van der Waals surface area contributed by atoms with Crippen molar-refractivity contribution in [3.63, 3.8) is 0 Å². The first-order chi connectivity index (χ1) is 9.52. The van der Waals surface area contributed by atoms with Gasteiger partial charge in [-0.25, -0.2) is 0 Å². The van der Waals surface area contributed by atoms with Crippen LogP contribution < -0.4 is 0 Å². The average Bonchev–Trinajstić information content (AvgIpc) is 2.41. The van der Waals surface area contributed by atoms with E-state index in [9.17, 15) is 0 Å². The molecule has 0 amide bonds. The Bertz CT molecular complexity index is 210. The maximum atomic E-state index is 8.06. The second-order valence-electron chi connectivity index (χ2n) is 5.46. The van der Waals surface area contributed by atoms with Crippen LogP contribution in [0.3, 0.4) is 0 Å². The van der Waals surface area contributed by atoms with E-state index in [1.165, 1.54) is 25.7 Å². The minimum atomic E-state index is -0.167. The molecule has 1 N–H and O–H groups in total. The second kappa shape index (κ2) is 13.4. The van der Waals surface area contributed by atoms with E-state index in [-0.39, 0.29) is 12.4 Å². The molecule has 2 heterocycles. The quantitative estimate of drug-likeness (QED) is 0.843. The summed E-state index contributed by atoms with van der Waals surface area (Å²) in [7, 11) is 0. The SMILES string of the molecule is C1=COCCC1.CC(C)O.CC(C)OC1CCCCO1. The first-order valence-electron chi connectivity index (χ1n) is 7.74. The molecule has 0 aromatic rings. The fourth-order valence-corrected chi connectivity index (χ4v) is 1.61. The van der Waals surface area contributed by atoms with Gasteiger partial charge in [0.2, 0.25) is 0 Å². The van der Waals surface area contributed by atoms with Crippen LogP contribution in [-0.2, 0) is 14.2 Å². The minimum Gasteiger partial charge on any atom is -0.502 e. The van der Waals surface area contributed by atoms with Crippen molar-refractivity contribution >= 4 is 0 Å². The highest BCUT2D eigenvalue weighted by molar-refractivity contribution is 4.76. The van der Waals surface area contributed by atoms with Crippen LogP contribution in [0.2, 0.25) is 0 Å². The Labute approximate surface area is 124 Å². The van der Waals surface area contributed by atoms with Crippen LogP contribution in [-0.4, -0.2) is 36.8 Å². The van der Waals surface area contributed by atoms with E-state index in [0.29, 0.717) is 6.10 Å². The summed E-state index contributed by atoms with van der Waals surface area (Å²) in [5, 5.41) is 8.06. The molecule has 0 aromatic heterocycles. The fraction of sp³-hybridized carbons (Fsp3) is 0.875. The van der Waals surface area contributed by atoms with Crippen molar-refractivity contribution in [3.05, 3.63) is 12.3 Å². The lowest BCUT2D eigenvalue weighted by Crippen LogP contribution is -2.25. The third-order valence-electron chi connectivity index (χ3n) is 2.39. The Morgan fingerprint density at radius 3 is 2.10 bits per heavy atom. The number of hydrogen-bond acceptors (Lipinski definition) is 4. The zero-order chi connectivity index (χ0) is 15.2. The van der Waals surface area contributed by atoms with Gasteiger partial charge in [0.1, 0.15) is 0 Å². The van der Waals surface area contributed by atoms with E-state index in [1.54, 1.807) is 20.1 Å². The molecule has 1 fully saturated rings. The van der Waals surface area contributed by atoms with E-state index in [4.69, 9.17) is 19.3 Å². The standard InChI is InChI=1S/C8H16O2.C5H8O.C3H8O/c1-7(2)10-8-5-3-4-6-9-8;1-2-4-6-5-3-1;1-3(2)4/h7-8H,3-6H2,1-2H3;2,4H,1,3,5H2;3-4H,1-2H3. The third-order valence-corrected chi connectivity index (χ3v) is 2.39. The van der Waals surface area contributed by atoms with Gasteiger partial charge in [-0.2, -0.15) is 0 Å². The number of aliphatic hydroxyl groups excluding tert-OH is 1. The Morgan fingerprint density at radius 2 is 1.80 bits per heavy atom. The molecule has 1 saturated heterocycles. The Hall–Kier alpha value is -0.580. The third kappa shape index (κ3) is 15.5. The molecule has 0 bridgehead atoms. The van der Waals surface area contributed by atoms with Crippen molar-refractivity contribution in [2.75, 3.05) is 13.2 Å². The molecule has 20 heavy (non-hydrogen) atoms. The topological polar surface area (TPSA) is 47.9 Å². The highest BCUT2D eigenvalue weighted by Crippen LogP contribution is 2.14. The van der Waals surface area contributed by atoms with Crippen LogP contribution in [0.1, 0.15) is 59.8 Å². The van der Waals surface area contributed by atoms with Gasteiger partial charge >= 0.3 is 0 Å². The van der Waals surface area contributed by atoms with Crippen molar-refractivity contribution < 1.29 is 19.3 Å². The van der Waals surface area contributed by atoms with Gasteiger partial charge in [-0.3, -0.25) is 0 Å². The minimum absolute atomic E-state index is 0.0775. The van der Waals surface area contributed by atoms with E-state index in [0.717, 1.165) is 19.6 Å². The molecule has 2 rings (SSSR count). The molecule has 4 nitrogen and oxygen atoms in total. The average molecular weight is 288 g/mol. The van der Waals surface area contributed by atoms with Crippen LogP contribution >= 0.6 is 0 Å². The molecule has 4 heteroatoms.